The minimum atomic E-state index is -0.861. The first kappa shape index (κ1) is 15.4. The van der Waals surface area contributed by atoms with Gasteiger partial charge < -0.3 is 4.74 Å². The molecule has 2 amide bonds. The van der Waals surface area contributed by atoms with Crippen molar-refractivity contribution in [1.82, 2.24) is 5.32 Å². The zero-order valence-corrected chi connectivity index (χ0v) is 11.7. The lowest BCUT2D eigenvalue weighted by Crippen LogP contribution is -2.31. The molecule has 0 saturated carbocycles. The van der Waals surface area contributed by atoms with Crippen molar-refractivity contribution in [2.45, 2.75) is 20.8 Å². The highest BCUT2D eigenvalue weighted by Crippen LogP contribution is 2.14. The van der Waals surface area contributed by atoms with Crippen LogP contribution in [0.2, 0.25) is 0 Å². The number of nitriles is 1. The van der Waals surface area contributed by atoms with Crippen molar-refractivity contribution in [3.8, 4) is 6.07 Å². The van der Waals surface area contributed by atoms with E-state index in [1.165, 1.54) is 6.08 Å². The number of alkyl carbamates (subject to hydrolysis) is 1. The highest BCUT2D eigenvalue weighted by atomic mass is 16.5. The summed E-state index contributed by atoms with van der Waals surface area (Å²) in [6.45, 7) is 5.58. The molecule has 0 spiro atoms. The Morgan fingerprint density at radius 3 is 2.70 bits per heavy atom. The van der Waals surface area contributed by atoms with Crippen LogP contribution in [0.4, 0.5) is 4.79 Å². The fourth-order valence-corrected chi connectivity index (χ4v) is 1.55. The summed E-state index contributed by atoms with van der Waals surface area (Å²) >= 11 is 0. The van der Waals surface area contributed by atoms with Crippen molar-refractivity contribution in [1.29, 1.82) is 5.26 Å². The molecule has 0 aliphatic rings. The van der Waals surface area contributed by atoms with Crippen molar-refractivity contribution >= 4 is 18.1 Å². The molecular formula is C15H16N2O3. The number of hydrogen-bond donors (Lipinski definition) is 1. The lowest BCUT2D eigenvalue weighted by molar-refractivity contribution is -0.116. The molecule has 0 aliphatic heterocycles. The Bertz CT molecular complexity index is 598. The maximum atomic E-state index is 11.8. The monoisotopic (exact) mass is 272 g/mol. The average Bonchev–Trinajstić information content (AvgIpc) is 2.39. The topological polar surface area (TPSA) is 79.2 Å². The maximum absolute atomic E-state index is 11.8. The summed E-state index contributed by atoms with van der Waals surface area (Å²) in [4.78, 5) is 22.9. The van der Waals surface area contributed by atoms with Crippen LogP contribution in [-0.2, 0) is 9.53 Å². The Morgan fingerprint density at radius 2 is 2.10 bits per heavy atom. The van der Waals surface area contributed by atoms with Crippen molar-refractivity contribution in [3.63, 3.8) is 0 Å². The van der Waals surface area contributed by atoms with Gasteiger partial charge in [0.1, 0.15) is 11.6 Å². The van der Waals surface area contributed by atoms with Crippen LogP contribution in [0.25, 0.3) is 6.08 Å². The molecule has 5 heteroatoms. The van der Waals surface area contributed by atoms with Crippen molar-refractivity contribution in [2.75, 3.05) is 6.61 Å². The molecule has 104 valence electrons. The average molecular weight is 272 g/mol. The fraction of sp³-hybridized carbons (Fsp3) is 0.267. The largest absolute Gasteiger partial charge is 0.450 e. The highest BCUT2D eigenvalue weighted by molar-refractivity contribution is 6.08. The molecule has 0 unspecified atom stereocenters. The van der Waals surface area contributed by atoms with E-state index in [9.17, 15) is 9.59 Å². The maximum Gasteiger partial charge on any atom is 0.414 e. The van der Waals surface area contributed by atoms with E-state index in [0.717, 1.165) is 16.7 Å². The summed E-state index contributed by atoms with van der Waals surface area (Å²) in [5, 5.41) is 11.0. The Labute approximate surface area is 117 Å². The number of nitrogens with zero attached hydrogens (tertiary/aromatic N) is 1. The summed E-state index contributed by atoms with van der Waals surface area (Å²) < 4.78 is 4.59. The summed E-state index contributed by atoms with van der Waals surface area (Å²) in [6.07, 6.45) is 0.594. The van der Waals surface area contributed by atoms with E-state index >= 15 is 0 Å². The fourth-order valence-electron chi connectivity index (χ4n) is 1.55. The first-order chi connectivity index (χ1) is 9.47. The zero-order valence-electron chi connectivity index (χ0n) is 11.7. The van der Waals surface area contributed by atoms with Crippen molar-refractivity contribution in [3.05, 3.63) is 40.5 Å². The van der Waals surface area contributed by atoms with Gasteiger partial charge in [-0.2, -0.15) is 5.26 Å². The number of carbonyl (C=O) groups excluding carboxylic acids is 2. The van der Waals surface area contributed by atoms with Crippen molar-refractivity contribution < 1.29 is 14.3 Å². The smallest absolute Gasteiger partial charge is 0.414 e. The first-order valence-corrected chi connectivity index (χ1v) is 6.15. The molecule has 0 aliphatic carbocycles. The van der Waals surface area contributed by atoms with Gasteiger partial charge in [0.05, 0.1) is 6.61 Å². The molecule has 0 atom stereocenters. The Kier molecular flexibility index (Phi) is 5.48. The van der Waals surface area contributed by atoms with Crippen molar-refractivity contribution in [2.24, 2.45) is 0 Å². The van der Waals surface area contributed by atoms with E-state index in [-0.39, 0.29) is 12.2 Å². The molecule has 20 heavy (non-hydrogen) atoms. The number of benzene rings is 1. The number of nitrogens with one attached hydrogen (secondary N) is 1. The molecule has 1 aromatic carbocycles. The number of ether oxygens (including phenoxy) is 1. The summed E-state index contributed by atoms with van der Waals surface area (Å²) in [7, 11) is 0. The van der Waals surface area contributed by atoms with Gasteiger partial charge in [-0.25, -0.2) is 4.79 Å². The summed E-state index contributed by atoms with van der Waals surface area (Å²) in [5.74, 6) is -0.771. The Balaban J connectivity index is 2.98. The molecule has 0 aromatic heterocycles. The van der Waals surface area contributed by atoms with Gasteiger partial charge in [-0.05, 0) is 38.0 Å². The summed E-state index contributed by atoms with van der Waals surface area (Å²) in [6, 6.07) is 7.50. The van der Waals surface area contributed by atoms with Gasteiger partial charge >= 0.3 is 6.09 Å². The Morgan fingerprint density at radius 1 is 1.40 bits per heavy atom. The number of rotatable bonds is 3. The van der Waals surface area contributed by atoms with Gasteiger partial charge in [-0.3, -0.25) is 10.1 Å². The molecule has 1 N–H and O–H groups in total. The molecule has 0 bridgehead atoms. The Hall–Kier alpha value is -2.61. The number of imide groups is 1. The van der Waals surface area contributed by atoms with E-state index in [2.05, 4.69) is 4.74 Å². The highest BCUT2D eigenvalue weighted by Gasteiger charge is 2.13. The molecule has 0 fully saturated rings. The van der Waals surface area contributed by atoms with Crippen LogP contribution < -0.4 is 5.32 Å². The molecule has 5 nitrogen and oxygen atoms in total. The van der Waals surface area contributed by atoms with Crippen LogP contribution >= 0.6 is 0 Å². The van der Waals surface area contributed by atoms with E-state index in [4.69, 9.17) is 5.26 Å². The lowest BCUT2D eigenvalue weighted by Gasteiger charge is -2.05. The number of amides is 2. The number of aryl methyl sites for hydroxylation is 2. The first-order valence-electron chi connectivity index (χ1n) is 6.15. The van der Waals surface area contributed by atoms with E-state index in [1.807, 2.05) is 37.4 Å². The number of carbonyl (C=O) groups is 2. The van der Waals surface area contributed by atoms with Crippen LogP contribution in [0, 0.1) is 25.2 Å². The quantitative estimate of drug-likeness (QED) is 0.677. The standard InChI is InChI=1S/C15H16N2O3/c1-4-20-15(19)17-14(18)13(9-16)8-12-7-10(2)5-6-11(12)3/h5-8H,4H2,1-3H3,(H,17,18,19)/b13-8+. The molecule has 1 rings (SSSR count). The van der Waals surface area contributed by atoms with Crippen LogP contribution in [0.1, 0.15) is 23.6 Å². The van der Waals surface area contributed by atoms with Gasteiger partial charge in [-0.1, -0.05) is 23.8 Å². The van der Waals surface area contributed by atoms with E-state index < -0.39 is 12.0 Å². The SMILES string of the molecule is CCOC(=O)NC(=O)/C(C#N)=C/c1cc(C)ccc1C. The molecular weight excluding hydrogens is 256 g/mol. The van der Waals surface area contributed by atoms with Gasteiger partial charge in [0.25, 0.3) is 5.91 Å². The third-order valence-electron chi connectivity index (χ3n) is 2.59. The second-order valence-corrected chi connectivity index (χ2v) is 4.20. The predicted octanol–water partition coefficient (Wildman–Crippen LogP) is 2.48. The van der Waals surface area contributed by atoms with Gasteiger partial charge in [-0.15, -0.1) is 0 Å². The minimum absolute atomic E-state index is 0.147. The predicted molar refractivity (Wildman–Crippen MR) is 74.7 cm³/mol. The van der Waals surface area contributed by atoms with Crippen LogP contribution in [0.5, 0.6) is 0 Å². The van der Waals surface area contributed by atoms with E-state index in [0.29, 0.717) is 0 Å². The van der Waals surface area contributed by atoms with E-state index in [1.54, 1.807) is 13.0 Å². The number of hydrogen-bond acceptors (Lipinski definition) is 4. The third kappa shape index (κ3) is 4.25. The molecule has 1 aromatic rings. The lowest BCUT2D eigenvalue weighted by atomic mass is 10.0. The minimum Gasteiger partial charge on any atom is -0.450 e. The van der Waals surface area contributed by atoms with Gasteiger partial charge in [0.15, 0.2) is 0 Å². The third-order valence-corrected chi connectivity index (χ3v) is 2.59. The second-order valence-electron chi connectivity index (χ2n) is 4.20. The zero-order chi connectivity index (χ0) is 15.1. The van der Waals surface area contributed by atoms with Crippen LogP contribution in [0.3, 0.4) is 0 Å². The second kappa shape index (κ2) is 7.10. The van der Waals surface area contributed by atoms with Gasteiger partial charge in [0.2, 0.25) is 0 Å². The van der Waals surface area contributed by atoms with Crippen LogP contribution in [0.15, 0.2) is 23.8 Å². The molecule has 0 heterocycles. The molecule has 0 radical (unpaired) electrons. The normalized spacial score (nSPS) is 10.6. The molecule has 0 saturated heterocycles. The van der Waals surface area contributed by atoms with Gasteiger partial charge in [0, 0.05) is 0 Å². The van der Waals surface area contributed by atoms with Crippen LogP contribution in [-0.4, -0.2) is 18.6 Å². The summed E-state index contributed by atoms with van der Waals surface area (Å²) in [5.41, 5.74) is 2.57.